The van der Waals surface area contributed by atoms with E-state index in [1.807, 2.05) is 6.07 Å². The van der Waals surface area contributed by atoms with Gasteiger partial charge < -0.3 is 19.7 Å². The van der Waals surface area contributed by atoms with Gasteiger partial charge in [-0.2, -0.15) is 5.26 Å². The van der Waals surface area contributed by atoms with Crippen LogP contribution in [0.5, 0.6) is 11.5 Å². The van der Waals surface area contributed by atoms with Gasteiger partial charge in [0.15, 0.2) is 0 Å². The van der Waals surface area contributed by atoms with Crippen molar-refractivity contribution in [2.45, 2.75) is 72.5 Å². The van der Waals surface area contributed by atoms with E-state index < -0.39 is 18.0 Å². The van der Waals surface area contributed by atoms with Gasteiger partial charge in [0.1, 0.15) is 24.7 Å². The van der Waals surface area contributed by atoms with Crippen LogP contribution in [-0.4, -0.2) is 22.8 Å². The molecule has 0 saturated carbocycles. The minimum Gasteiger partial charge on any atom is -0.488 e. The van der Waals surface area contributed by atoms with E-state index in [4.69, 9.17) is 32.7 Å². The fraction of sp³-hybridized carbons (Fsp3) is 0.289. The standard InChI is InChI=1S/C45H43Cl2NO5/c1-28-36(10-6-12-39(28)40-13-7-11-38(29(40)2)34-15-14-32-8-4-5-9-33(32)21-34)26-53-43-23-42(52-25-31-18-30(24-48)19-37(46)20-31)35(22-41(43)47)16-17-45(3,27-49)44(50)51/h6-7,10-15,18-23,49H,4-5,8-9,16-17,25-27H2,1-3H3,(H,50,51)/t45-/m0/s1. The van der Waals surface area contributed by atoms with Crippen molar-refractivity contribution in [1.82, 2.24) is 0 Å². The number of aliphatic hydroxyl groups excluding tert-OH is 1. The highest BCUT2D eigenvalue weighted by Gasteiger charge is 2.32. The normalized spacial score (nSPS) is 13.5. The zero-order valence-electron chi connectivity index (χ0n) is 30.3. The molecule has 8 heteroatoms. The molecular formula is C45H43Cl2NO5. The van der Waals surface area contributed by atoms with Crippen LogP contribution < -0.4 is 9.47 Å². The lowest BCUT2D eigenvalue weighted by Crippen LogP contribution is -2.32. The van der Waals surface area contributed by atoms with Crippen molar-refractivity contribution in [1.29, 1.82) is 5.26 Å². The van der Waals surface area contributed by atoms with Gasteiger partial charge in [-0.15, -0.1) is 0 Å². The zero-order chi connectivity index (χ0) is 37.7. The lowest BCUT2D eigenvalue weighted by Gasteiger charge is -2.23. The van der Waals surface area contributed by atoms with Crippen LogP contribution >= 0.6 is 23.2 Å². The summed E-state index contributed by atoms with van der Waals surface area (Å²) >= 11 is 13.0. The van der Waals surface area contributed by atoms with Crippen molar-refractivity contribution in [2.24, 2.45) is 5.41 Å². The first-order valence-corrected chi connectivity index (χ1v) is 18.7. The highest BCUT2D eigenvalue weighted by atomic mass is 35.5. The summed E-state index contributed by atoms with van der Waals surface area (Å²) in [7, 11) is 0. The molecule has 0 fully saturated rings. The van der Waals surface area contributed by atoms with Crippen molar-refractivity contribution in [3.05, 3.63) is 139 Å². The van der Waals surface area contributed by atoms with Crippen LogP contribution in [0.15, 0.2) is 84.9 Å². The number of hydrogen-bond donors (Lipinski definition) is 2. The zero-order valence-corrected chi connectivity index (χ0v) is 31.8. The maximum atomic E-state index is 11.9. The van der Waals surface area contributed by atoms with Crippen LogP contribution in [0.4, 0.5) is 0 Å². The van der Waals surface area contributed by atoms with E-state index >= 15 is 0 Å². The topological polar surface area (TPSA) is 99.8 Å². The van der Waals surface area contributed by atoms with Gasteiger partial charge in [-0.3, -0.25) is 4.79 Å². The fourth-order valence-corrected chi connectivity index (χ4v) is 7.57. The van der Waals surface area contributed by atoms with Gasteiger partial charge in [0.25, 0.3) is 0 Å². The Labute approximate surface area is 321 Å². The molecule has 0 unspecified atom stereocenters. The first-order chi connectivity index (χ1) is 25.5. The quantitative estimate of drug-likeness (QED) is 0.124. The number of carboxylic acid groups (broad SMARTS) is 1. The lowest BCUT2D eigenvalue weighted by molar-refractivity contribution is -0.150. The second-order valence-corrected chi connectivity index (χ2v) is 15.1. The third kappa shape index (κ3) is 8.55. The smallest absolute Gasteiger partial charge is 0.311 e. The minimum atomic E-state index is -1.34. The molecule has 5 aromatic rings. The van der Waals surface area contributed by atoms with Gasteiger partial charge in [-0.1, -0.05) is 77.8 Å². The van der Waals surface area contributed by atoms with Crippen molar-refractivity contribution in [3.8, 4) is 39.8 Å². The summed E-state index contributed by atoms with van der Waals surface area (Å²) in [6, 6.07) is 30.3. The second kappa shape index (κ2) is 16.5. The Hall–Kier alpha value is -4.80. The Morgan fingerprint density at radius 2 is 1.51 bits per heavy atom. The fourth-order valence-electron chi connectivity index (χ4n) is 7.07. The van der Waals surface area contributed by atoms with E-state index in [1.165, 1.54) is 53.1 Å². The predicted octanol–water partition coefficient (Wildman–Crippen LogP) is 10.9. The van der Waals surface area contributed by atoms with Gasteiger partial charge in [0.05, 0.1) is 28.7 Å². The Balaban J connectivity index is 1.26. The van der Waals surface area contributed by atoms with Gasteiger partial charge in [-0.05, 0) is 145 Å². The Morgan fingerprint density at radius 3 is 2.25 bits per heavy atom. The molecule has 5 aromatic carbocycles. The number of hydrogen-bond acceptors (Lipinski definition) is 5. The maximum absolute atomic E-state index is 11.9. The van der Waals surface area contributed by atoms with Crippen molar-refractivity contribution < 1.29 is 24.5 Å². The number of carboxylic acids is 1. The second-order valence-electron chi connectivity index (χ2n) is 14.2. The number of nitriles is 1. The number of carbonyl (C=O) groups is 1. The van der Waals surface area contributed by atoms with Crippen LogP contribution in [0.25, 0.3) is 22.3 Å². The number of rotatable bonds is 13. The van der Waals surface area contributed by atoms with Crippen molar-refractivity contribution in [3.63, 3.8) is 0 Å². The highest BCUT2D eigenvalue weighted by molar-refractivity contribution is 6.32. The molecule has 1 aliphatic carbocycles. The van der Waals surface area contributed by atoms with E-state index in [-0.39, 0.29) is 26.1 Å². The molecule has 0 spiro atoms. The van der Waals surface area contributed by atoms with Crippen LogP contribution in [0.3, 0.4) is 0 Å². The van der Waals surface area contributed by atoms with E-state index in [0.29, 0.717) is 38.2 Å². The van der Waals surface area contributed by atoms with Crippen LogP contribution in [0, 0.1) is 30.6 Å². The average Bonchev–Trinajstić information content (AvgIpc) is 3.16. The number of aliphatic carboxylic acids is 1. The summed E-state index contributed by atoms with van der Waals surface area (Å²) in [5.74, 6) is -0.226. The molecule has 6 rings (SSSR count). The molecular weight excluding hydrogens is 705 g/mol. The van der Waals surface area contributed by atoms with Gasteiger partial charge >= 0.3 is 5.97 Å². The number of fused-ring (bicyclic) bond motifs is 1. The third-order valence-electron chi connectivity index (χ3n) is 10.5. The van der Waals surface area contributed by atoms with Gasteiger partial charge in [0, 0.05) is 11.1 Å². The van der Waals surface area contributed by atoms with E-state index in [9.17, 15) is 20.3 Å². The molecule has 0 saturated heterocycles. The molecule has 0 aromatic heterocycles. The lowest BCUT2D eigenvalue weighted by atomic mass is 9.85. The molecule has 0 heterocycles. The first kappa shape index (κ1) is 37.9. The summed E-state index contributed by atoms with van der Waals surface area (Å²) in [5.41, 5.74) is 11.5. The highest BCUT2D eigenvalue weighted by Crippen LogP contribution is 2.39. The third-order valence-corrected chi connectivity index (χ3v) is 11.0. The predicted molar refractivity (Wildman–Crippen MR) is 211 cm³/mol. The average molecular weight is 749 g/mol. The Bertz CT molecular complexity index is 2210. The summed E-state index contributed by atoms with van der Waals surface area (Å²) in [6.45, 7) is 5.66. The minimum absolute atomic E-state index is 0.102. The molecule has 53 heavy (non-hydrogen) atoms. The van der Waals surface area contributed by atoms with Crippen LogP contribution in [0.2, 0.25) is 10.0 Å². The molecule has 2 N–H and O–H groups in total. The molecule has 0 bridgehead atoms. The summed E-state index contributed by atoms with van der Waals surface area (Å²) in [4.78, 5) is 11.9. The molecule has 1 atom stereocenters. The number of nitrogens with zero attached hydrogens (tertiary/aromatic N) is 1. The van der Waals surface area contributed by atoms with Crippen LogP contribution in [0.1, 0.15) is 70.7 Å². The molecule has 272 valence electrons. The largest absolute Gasteiger partial charge is 0.488 e. The number of benzene rings is 5. The number of aliphatic hydroxyl groups is 1. The molecule has 6 nitrogen and oxygen atoms in total. The number of aryl methyl sites for hydroxylation is 3. The molecule has 0 radical (unpaired) electrons. The SMILES string of the molecule is Cc1c(COc2cc(OCc3cc(Cl)cc(C#N)c3)c(CC[C@@](C)(CO)C(=O)O)cc2Cl)cccc1-c1cccc(-c2ccc3c(c2)CCCC3)c1C. The Kier molecular flexibility index (Phi) is 11.8. The van der Waals surface area contributed by atoms with Gasteiger partial charge in [0.2, 0.25) is 0 Å². The van der Waals surface area contributed by atoms with E-state index in [1.54, 1.807) is 30.3 Å². The van der Waals surface area contributed by atoms with Gasteiger partial charge in [-0.25, -0.2) is 0 Å². The van der Waals surface area contributed by atoms with Crippen molar-refractivity contribution >= 4 is 29.2 Å². The Morgan fingerprint density at radius 1 is 0.811 bits per heavy atom. The summed E-state index contributed by atoms with van der Waals surface area (Å²) < 4.78 is 12.6. The first-order valence-electron chi connectivity index (χ1n) is 17.9. The van der Waals surface area contributed by atoms with Crippen LogP contribution in [-0.2, 0) is 37.3 Å². The molecule has 0 amide bonds. The van der Waals surface area contributed by atoms with Crippen molar-refractivity contribution in [2.75, 3.05) is 6.61 Å². The summed E-state index contributed by atoms with van der Waals surface area (Å²) in [5, 5.41) is 29.8. The van der Waals surface area contributed by atoms with E-state index in [0.717, 1.165) is 29.5 Å². The summed E-state index contributed by atoms with van der Waals surface area (Å²) in [6.07, 6.45) is 5.25. The molecule has 1 aliphatic rings. The monoisotopic (exact) mass is 747 g/mol. The number of ether oxygens (including phenoxy) is 2. The van der Waals surface area contributed by atoms with E-state index in [2.05, 4.69) is 68.4 Å². The molecule has 0 aliphatic heterocycles. The maximum Gasteiger partial charge on any atom is 0.311 e. The number of halogens is 2.